The van der Waals surface area contributed by atoms with Crippen LogP contribution in [0, 0.1) is 6.92 Å². The number of ether oxygens (including phenoxy) is 1. The summed E-state index contributed by atoms with van der Waals surface area (Å²) < 4.78 is 5.40. The van der Waals surface area contributed by atoms with E-state index in [9.17, 15) is 0 Å². The Balaban J connectivity index is 1.57. The lowest BCUT2D eigenvalue weighted by molar-refractivity contribution is 0.0398. The maximum absolute atomic E-state index is 5.40. The lowest BCUT2D eigenvalue weighted by Gasteiger charge is -2.26. The fourth-order valence-corrected chi connectivity index (χ4v) is 3.20. The Kier molecular flexibility index (Phi) is 5.84. The van der Waals surface area contributed by atoms with Gasteiger partial charge in [0, 0.05) is 61.5 Å². The second-order valence-electron chi connectivity index (χ2n) is 6.83. The van der Waals surface area contributed by atoms with E-state index in [1.807, 2.05) is 6.20 Å². The molecule has 7 heteroatoms. The summed E-state index contributed by atoms with van der Waals surface area (Å²) in [5, 5.41) is 3.36. The Morgan fingerprint density at radius 3 is 2.50 bits per heavy atom. The van der Waals surface area contributed by atoms with Crippen LogP contribution in [-0.4, -0.2) is 64.2 Å². The van der Waals surface area contributed by atoms with Crippen molar-refractivity contribution in [3.05, 3.63) is 54.7 Å². The summed E-state index contributed by atoms with van der Waals surface area (Å²) in [4.78, 5) is 20.0. The molecule has 3 heterocycles. The molecule has 7 nitrogen and oxygen atoms in total. The third-order valence-corrected chi connectivity index (χ3v) is 4.80. The van der Waals surface area contributed by atoms with Crippen molar-refractivity contribution >= 4 is 5.95 Å². The average molecular weight is 376 g/mol. The molecule has 0 spiro atoms. The Morgan fingerprint density at radius 1 is 1.00 bits per heavy atom. The van der Waals surface area contributed by atoms with Crippen LogP contribution >= 0.6 is 0 Å². The largest absolute Gasteiger partial charge is 0.379 e. The number of nitrogens with one attached hydrogen (secondary N) is 1. The Bertz CT molecular complexity index is 895. The van der Waals surface area contributed by atoms with E-state index >= 15 is 0 Å². The highest BCUT2D eigenvalue weighted by atomic mass is 16.5. The van der Waals surface area contributed by atoms with Gasteiger partial charge in [0.05, 0.1) is 18.9 Å². The number of aryl methyl sites for hydroxylation is 1. The van der Waals surface area contributed by atoms with Crippen molar-refractivity contribution in [1.29, 1.82) is 0 Å². The molecule has 3 aromatic rings. The van der Waals surface area contributed by atoms with Gasteiger partial charge >= 0.3 is 0 Å². The molecule has 4 rings (SSSR count). The van der Waals surface area contributed by atoms with Crippen LogP contribution in [-0.2, 0) is 4.74 Å². The molecule has 0 atom stereocenters. The average Bonchev–Trinajstić information content (AvgIpc) is 2.76. The number of aromatic nitrogens is 4. The van der Waals surface area contributed by atoms with Crippen LogP contribution in [0.15, 0.2) is 49.2 Å². The molecule has 0 radical (unpaired) electrons. The van der Waals surface area contributed by atoms with E-state index < -0.39 is 0 Å². The van der Waals surface area contributed by atoms with Crippen LogP contribution in [0.2, 0.25) is 0 Å². The first-order valence-corrected chi connectivity index (χ1v) is 9.53. The minimum atomic E-state index is 0.629. The van der Waals surface area contributed by atoms with Crippen molar-refractivity contribution < 1.29 is 4.74 Å². The topological polar surface area (TPSA) is 76.1 Å². The van der Waals surface area contributed by atoms with Gasteiger partial charge in [-0.15, -0.1) is 0 Å². The predicted molar refractivity (Wildman–Crippen MR) is 109 cm³/mol. The molecule has 1 aliphatic heterocycles. The van der Waals surface area contributed by atoms with Gasteiger partial charge in [0.15, 0.2) is 0 Å². The molecule has 144 valence electrons. The Labute approximate surface area is 164 Å². The lowest BCUT2D eigenvalue weighted by Crippen LogP contribution is -2.39. The normalized spacial score (nSPS) is 14.8. The zero-order valence-corrected chi connectivity index (χ0v) is 16.0. The van der Waals surface area contributed by atoms with Gasteiger partial charge in [-0.1, -0.05) is 29.8 Å². The number of hydrogen-bond donors (Lipinski definition) is 1. The quantitative estimate of drug-likeness (QED) is 0.709. The van der Waals surface area contributed by atoms with Crippen LogP contribution in [0.5, 0.6) is 0 Å². The smallest absolute Gasteiger partial charge is 0.223 e. The summed E-state index contributed by atoms with van der Waals surface area (Å²) >= 11 is 0. The molecular formula is C21H24N6O. The van der Waals surface area contributed by atoms with Crippen molar-refractivity contribution in [3.8, 4) is 22.4 Å². The SMILES string of the molecule is Cc1ccc(-c2nc(NCCN3CCOCC3)ncc2-c2cncnc2)cc1. The van der Waals surface area contributed by atoms with Gasteiger partial charge in [-0.05, 0) is 6.92 Å². The van der Waals surface area contributed by atoms with Gasteiger partial charge in [0.2, 0.25) is 5.95 Å². The molecule has 1 fully saturated rings. The first-order chi connectivity index (χ1) is 13.8. The van der Waals surface area contributed by atoms with Crippen LogP contribution in [0.1, 0.15) is 5.56 Å². The van der Waals surface area contributed by atoms with Crippen molar-refractivity contribution in [3.63, 3.8) is 0 Å². The third-order valence-electron chi connectivity index (χ3n) is 4.80. The standard InChI is InChI=1S/C21H24N6O/c1-16-2-4-17(5-3-16)20-19(18-12-22-15-23-13-18)14-25-21(26-20)24-6-7-27-8-10-28-11-9-27/h2-5,12-15H,6-11H2,1H3,(H,24,25,26). The molecule has 1 aromatic carbocycles. The number of rotatable bonds is 6. The molecule has 0 amide bonds. The molecule has 0 saturated carbocycles. The van der Waals surface area contributed by atoms with E-state index in [0.717, 1.165) is 61.8 Å². The highest BCUT2D eigenvalue weighted by Crippen LogP contribution is 2.30. The minimum Gasteiger partial charge on any atom is -0.379 e. The summed E-state index contributed by atoms with van der Waals surface area (Å²) in [5.41, 5.74) is 4.95. The summed E-state index contributed by atoms with van der Waals surface area (Å²) in [6.45, 7) is 7.38. The van der Waals surface area contributed by atoms with Crippen LogP contribution < -0.4 is 5.32 Å². The molecule has 0 bridgehead atoms. The van der Waals surface area contributed by atoms with E-state index in [2.05, 4.69) is 56.4 Å². The maximum Gasteiger partial charge on any atom is 0.223 e. The lowest BCUT2D eigenvalue weighted by atomic mass is 10.0. The fourth-order valence-electron chi connectivity index (χ4n) is 3.20. The van der Waals surface area contributed by atoms with E-state index in [1.54, 1.807) is 12.4 Å². The molecule has 0 unspecified atom stereocenters. The molecule has 1 N–H and O–H groups in total. The molecular weight excluding hydrogens is 352 g/mol. The summed E-state index contributed by atoms with van der Waals surface area (Å²) in [6.07, 6.45) is 6.94. The molecule has 0 aliphatic carbocycles. The van der Waals surface area contributed by atoms with Crippen molar-refractivity contribution in [2.24, 2.45) is 0 Å². The molecule has 1 aliphatic rings. The molecule has 28 heavy (non-hydrogen) atoms. The third kappa shape index (κ3) is 4.49. The number of morpholine rings is 1. The highest BCUT2D eigenvalue weighted by molar-refractivity contribution is 5.80. The predicted octanol–water partition coefficient (Wildman–Crippen LogP) is 2.65. The zero-order chi connectivity index (χ0) is 19.2. The van der Waals surface area contributed by atoms with Gasteiger partial charge in [-0.25, -0.2) is 19.9 Å². The van der Waals surface area contributed by atoms with Crippen LogP contribution in [0.25, 0.3) is 22.4 Å². The fraction of sp³-hybridized carbons (Fsp3) is 0.333. The first kappa shape index (κ1) is 18.5. The summed E-state index contributed by atoms with van der Waals surface area (Å²) in [6, 6.07) is 8.35. The van der Waals surface area contributed by atoms with Crippen LogP contribution in [0.3, 0.4) is 0 Å². The number of benzene rings is 1. The molecule has 2 aromatic heterocycles. The monoisotopic (exact) mass is 376 g/mol. The van der Waals surface area contributed by atoms with E-state index in [0.29, 0.717) is 5.95 Å². The van der Waals surface area contributed by atoms with Gasteiger partial charge in [-0.2, -0.15) is 0 Å². The molecule has 1 saturated heterocycles. The zero-order valence-electron chi connectivity index (χ0n) is 16.0. The van der Waals surface area contributed by atoms with Crippen molar-refractivity contribution in [1.82, 2.24) is 24.8 Å². The van der Waals surface area contributed by atoms with Gasteiger partial charge in [-0.3, -0.25) is 4.90 Å². The second-order valence-corrected chi connectivity index (χ2v) is 6.83. The summed E-state index contributed by atoms with van der Waals surface area (Å²) in [5.74, 6) is 0.629. The van der Waals surface area contributed by atoms with Gasteiger partial charge < -0.3 is 10.1 Å². The number of hydrogen-bond acceptors (Lipinski definition) is 7. The van der Waals surface area contributed by atoms with Gasteiger partial charge in [0.25, 0.3) is 0 Å². The van der Waals surface area contributed by atoms with Crippen LogP contribution in [0.4, 0.5) is 5.95 Å². The minimum absolute atomic E-state index is 0.629. The van der Waals surface area contributed by atoms with Gasteiger partial charge in [0.1, 0.15) is 6.33 Å². The van der Waals surface area contributed by atoms with E-state index in [4.69, 9.17) is 9.72 Å². The Hall–Kier alpha value is -2.90. The number of nitrogens with zero attached hydrogens (tertiary/aromatic N) is 5. The summed E-state index contributed by atoms with van der Waals surface area (Å²) in [7, 11) is 0. The van der Waals surface area contributed by atoms with E-state index in [1.165, 1.54) is 11.9 Å². The maximum atomic E-state index is 5.40. The Morgan fingerprint density at radius 2 is 1.75 bits per heavy atom. The number of anilines is 1. The van der Waals surface area contributed by atoms with Crippen molar-refractivity contribution in [2.45, 2.75) is 6.92 Å². The van der Waals surface area contributed by atoms with E-state index in [-0.39, 0.29) is 0 Å². The first-order valence-electron chi connectivity index (χ1n) is 9.53. The van der Waals surface area contributed by atoms with Crippen molar-refractivity contribution in [2.75, 3.05) is 44.7 Å². The second kappa shape index (κ2) is 8.86. The highest BCUT2D eigenvalue weighted by Gasteiger charge is 2.13.